The zero-order chi connectivity index (χ0) is 15.1. The maximum atomic E-state index is 13.9. The van der Waals surface area contributed by atoms with Crippen LogP contribution in [0.4, 0.5) is 15.8 Å². The summed E-state index contributed by atoms with van der Waals surface area (Å²) in [4.78, 5) is 35.6. The van der Waals surface area contributed by atoms with Crippen molar-refractivity contribution in [1.82, 2.24) is 0 Å². The van der Waals surface area contributed by atoms with Gasteiger partial charge in [0, 0.05) is 12.1 Å². The van der Waals surface area contributed by atoms with E-state index in [2.05, 4.69) is 0 Å². The van der Waals surface area contributed by atoms with Crippen molar-refractivity contribution < 1.29 is 18.9 Å². The van der Waals surface area contributed by atoms with Crippen LogP contribution in [0.25, 0.3) is 0 Å². The van der Waals surface area contributed by atoms with Crippen molar-refractivity contribution in [3.63, 3.8) is 0 Å². The SMILES string of the molecule is O=C1[C@H]2CCCC[C@@H]2C(=O)N1c1cc([N+](=O)[O-])ccc1F. The monoisotopic (exact) mass is 292 g/mol. The van der Waals surface area contributed by atoms with Gasteiger partial charge in [-0.1, -0.05) is 12.8 Å². The van der Waals surface area contributed by atoms with Crippen LogP contribution in [0.2, 0.25) is 0 Å². The van der Waals surface area contributed by atoms with E-state index in [4.69, 9.17) is 0 Å². The number of hydrogen-bond acceptors (Lipinski definition) is 4. The first kappa shape index (κ1) is 13.7. The molecule has 1 heterocycles. The highest BCUT2D eigenvalue weighted by Gasteiger charge is 2.49. The second kappa shape index (κ2) is 4.91. The minimum absolute atomic E-state index is 0.311. The number of fused-ring (bicyclic) bond motifs is 1. The fourth-order valence-corrected chi connectivity index (χ4v) is 3.19. The quantitative estimate of drug-likeness (QED) is 0.476. The first-order valence-corrected chi connectivity index (χ1v) is 6.82. The lowest BCUT2D eigenvalue weighted by molar-refractivity contribution is -0.384. The summed E-state index contributed by atoms with van der Waals surface area (Å²) in [6.45, 7) is 0. The number of non-ortho nitro benzene ring substituents is 1. The van der Waals surface area contributed by atoms with E-state index < -0.39 is 34.4 Å². The molecule has 2 fully saturated rings. The molecule has 1 saturated carbocycles. The number of amides is 2. The molecule has 7 heteroatoms. The Morgan fingerprint density at radius 1 is 1.14 bits per heavy atom. The second-order valence-corrected chi connectivity index (χ2v) is 5.40. The van der Waals surface area contributed by atoms with E-state index in [0.29, 0.717) is 12.8 Å². The Balaban J connectivity index is 2.04. The van der Waals surface area contributed by atoms with Crippen LogP contribution in [-0.2, 0) is 9.59 Å². The van der Waals surface area contributed by atoms with E-state index in [9.17, 15) is 24.1 Å². The van der Waals surface area contributed by atoms with Gasteiger partial charge in [0.05, 0.1) is 22.4 Å². The van der Waals surface area contributed by atoms with Gasteiger partial charge in [-0.15, -0.1) is 0 Å². The highest BCUT2D eigenvalue weighted by Crippen LogP contribution is 2.41. The Labute approximate surface area is 119 Å². The van der Waals surface area contributed by atoms with E-state index in [1.807, 2.05) is 0 Å². The van der Waals surface area contributed by atoms with Crippen LogP contribution in [0.15, 0.2) is 18.2 Å². The second-order valence-electron chi connectivity index (χ2n) is 5.40. The molecule has 0 radical (unpaired) electrons. The van der Waals surface area contributed by atoms with Crippen molar-refractivity contribution >= 4 is 23.2 Å². The fraction of sp³-hybridized carbons (Fsp3) is 0.429. The largest absolute Gasteiger partial charge is 0.274 e. The number of hydrogen-bond donors (Lipinski definition) is 0. The van der Waals surface area contributed by atoms with Gasteiger partial charge in [0.15, 0.2) is 0 Å². The highest BCUT2D eigenvalue weighted by molar-refractivity contribution is 6.22. The van der Waals surface area contributed by atoms with Crippen molar-refractivity contribution in [2.75, 3.05) is 4.90 Å². The van der Waals surface area contributed by atoms with Crippen LogP contribution < -0.4 is 4.90 Å². The van der Waals surface area contributed by atoms with Gasteiger partial charge in [0.2, 0.25) is 11.8 Å². The Morgan fingerprint density at radius 2 is 1.71 bits per heavy atom. The first-order chi connectivity index (χ1) is 10.0. The third-order valence-electron chi connectivity index (χ3n) is 4.22. The van der Waals surface area contributed by atoms with Crippen molar-refractivity contribution in [3.05, 3.63) is 34.1 Å². The minimum atomic E-state index is -0.805. The lowest BCUT2D eigenvalue weighted by atomic mass is 9.81. The Bertz CT molecular complexity index is 622. The summed E-state index contributed by atoms with van der Waals surface area (Å²) >= 11 is 0. The zero-order valence-electron chi connectivity index (χ0n) is 11.1. The lowest BCUT2D eigenvalue weighted by Crippen LogP contribution is -2.31. The number of benzene rings is 1. The molecule has 2 atom stereocenters. The van der Waals surface area contributed by atoms with Crippen molar-refractivity contribution in [2.24, 2.45) is 11.8 Å². The third kappa shape index (κ3) is 2.09. The van der Waals surface area contributed by atoms with E-state index >= 15 is 0 Å². The molecular formula is C14H13FN2O4. The van der Waals surface area contributed by atoms with Crippen LogP contribution >= 0.6 is 0 Å². The minimum Gasteiger partial charge on any atom is -0.274 e. The van der Waals surface area contributed by atoms with Gasteiger partial charge in [-0.3, -0.25) is 19.7 Å². The summed E-state index contributed by atoms with van der Waals surface area (Å²) in [7, 11) is 0. The molecule has 110 valence electrons. The number of rotatable bonds is 2. The van der Waals surface area contributed by atoms with Gasteiger partial charge < -0.3 is 0 Å². The van der Waals surface area contributed by atoms with Gasteiger partial charge in [-0.05, 0) is 18.9 Å². The Kier molecular flexibility index (Phi) is 3.19. The molecule has 21 heavy (non-hydrogen) atoms. The van der Waals surface area contributed by atoms with Crippen LogP contribution in [-0.4, -0.2) is 16.7 Å². The number of carbonyl (C=O) groups excluding carboxylic acids is 2. The van der Waals surface area contributed by atoms with Gasteiger partial charge in [-0.25, -0.2) is 9.29 Å². The molecule has 6 nitrogen and oxygen atoms in total. The number of nitro benzene ring substituents is 1. The number of nitrogens with zero attached hydrogens (tertiary/aromatic N) is 2. The summed E-state index contributed by atoms with van der Waals surface area (Å²) < 4.78 is 13.9. The maximum Gasteiger partial charge on any atom is 0.271 e. The molecule has 0 bridgehead atoms. The maximum absolute atomic E-state index is 13.9. The van der Waals surface area contributed by atoms with Crippen LogP contribution in [0.1, 0.15) is 25.7 Å². The standard InChI is InChI=1S/C14H13FN2O4/c15-11-6-5-8(17(20)21)7-12(11)16-13(18)9-3-1-2-4-10(9)14(16)19/h5-7,9-10H,1-4H2/t9-,10-/m0/s1. The summed E-state index contributed by atoms with van der Waals surface area (Å²) in [6, 6.07) is 2.87. The van der Waals surface area contributed by atoms with Gasteiger partial charge >= 0.3 is 0 Å². The molecule has 3 rings (SSSR count). The van der Waals surface area contributed by atoms with Gasteiger partial charge in [0.25, 0.3) is 5.69 Å². The van der Waals surface area contributed by atoms with Crippen molar-refractivity contribution in [3.8, 4) is 0 Å². The van der Waals surface area contributed by atoms with E-state index in [-0.39, 0.29) is 11.4 Å². The molecule has 0 spiro atoms. The van der Waals surface area contributed by atoms with E-state index in [1.54, 1.807) is 0 Å². The molecule has 1 saturated heterocycles. The van der Waals surface area contributed by atoms with Crippen molar-refractivity contribution in [2.45, 2.75) is 25.7 Å². The summed E-state index contributed by atoms with van der Waals surface area (Å²) in [5, 5.41) is 10.8. The number of imide groups is 1. The molecule has 0 N–H and O–H groups in total. The normalized spacial score (nSPS) is 25.1. The molecule has 2 amide bonds. The third-order valence-corrected chi connectivity index (χ3v) is 4.22. The Hall–Kier alpha value is -2.31. The zero-order valence-corrected chi connectivity index (χ0v) is 11.1. The van der Waals surface area contributed by atoms with Crippen molar-refractivity contribution in [1.29, 1.82) is 0 Å². The van der Waals surface area contributed by atoms with Gasteiger partial charge in [-0.2, -0.15) is 0 Å². The van der Waals surface area contributed by atoms with Crippen LogP contribution in [0.5, 0.6) is 0 Å². The average Bonchev–Trinajstić information content (AvgIpc) is 2.72. The molecular weight excluding hydrogens is 279 g/mol. The molecule has 0 unspecified atom stereocenters. The molecule has 2 aliphatic rings. The summed E-state index contributed by atoms with van der Waals surface area (Å²) in [5.41, 5.74) is -0.657. The average molecular weight is 292 g/mol. The number of nitro groups is 1. The van der Waals surface area contributed by atoms with E-state index in [1.165, 1.54) is 0 Å². The lowest BCUT2D eigenvalue weighted by Gasteiger charge is -2.19. The molecule has 0 aromatic heterocycles. The Morgan fingerprint density at radius 3 is 2.24 bits per heavy atom. The molecule has 1 aliphatic carbocycles. The highest BCUT2D eigenvalue weighted by atomic mass is 19.1. The topological polar surface area (TPSA) is 80.5 Å². The summed E-state index contributed by atoms with van der Waals surface area (Å²) in [5.74, 6) is -2.51. The summed E-state index contributed by atoms with van der Waals surface area (Å²) in [6.07, 6.45) is 2.96. The predicted molar refractivity (Wildman–Crippen MR) is 71.0 cm³/mol. The van der Waals surface area contributed by atoms with Crippen LogP contribution in [0, 0.1) is 27.8 Å². The van der Waals surface area contributed by atoms with Crippen LogP contribution in [0.3, 0.4) is 0 Å². The number of anilines is 1. The molecule has 1 aromatic rings. The predicted octanol–water partition coefficient (Wildman–Crippen LogP) is 2.41. The first-order valence-electron chi connectivity index (χ1n) is 6.82. The van der Waals surface area contributed by atoms with E-state index in [0.717, 1.165) is 35.9 Å². The number of halogens is 1. The van der Waals surface area contributed by atoms with Gasteiger partial charge in [0.1, 0.15) is 5.82 Å². The molecule has 1 aliphatic heterocycles. The fourth-order valence-electron chi connectivity index (χ4n) is 3.19. The smallest absolute Gasteiger partial charge is 0.271 e. The molecule has 1 aromatic carbocycles. The number of carbonyl (C=O) groups is 2.